The normalized spacial score (nSPS) is 13.8. The zero-order valence-electron chi connectivity index (χ0n) is 18.4. The number of rotatable bonds is 8. The van der Waals surface area contributed by atoms with Gasteiger partial charge in [-0.1, -0.05) is 23.4 Å². The summed E-state index contributed by atoms with van der Waals surface area (Å²) in [6.07, 6.45) is 3.05. The Bertz CT molecular complexity index is 1240. The first-order chi connectivity index (χ1) is 15.4. The van der Waals surface area contributed by atoms with Crippen molar-refractivity contribution in [2.45, 2.75) is 37.4 Å². The number of para-hydroxylation sites is 1. The van der Waals surface area contributed by atoms with Crippen LogP contribution in [0.3, 0.4) is 0 Å². The third kappa shape index (κ3) is 4.59. The minimum atomic E-state index is -1.49. The Kier molecular flexibility index (Phi) is 6.39. The molecule has 1 unspecified atom stereocenters. The number of fused-ring (bicyclic) bond motifs is 1. The van der Waals surface area contributed by atoms with Crippen molar-refractivity contribution < 1.29 is 13.5 Å². The molecule has 32 heavy (non-hydrogen) atoms. The molecule has 0 saturated heterocycles. The lowest BCUT2D eigenvalue weighted by molar-refractivity contribution is 0.413. The van der Waals surface area contributed by atoms with Crippen LogP contribution in [0, 0.1) is 0 Å². The summed E-state index contributed by atoms with van der Waals surface area (Å²) in [5.74, 6) is 0.724. The largest absolute Gasteiger partial charge is 0.497 e. The van der Waals surface area contributed by atoms with E-state index in [9.17, 15) is 4.21 Å². The molecule has 4 aromatic rings. The molecule has 2 heterocycles. The van der Waals surface area contributed by atoms with Gasteiger partial charge in [0.25, 0.3) is 0 Å². The van der Waals surface area contributed by atoms with Crippen molar-refractivity contribution in [1.82, 2.24) is 10.1 Å². The van der Waals surface area contributed by atoms with Gasteiger partial charge in [-0.25, -0.2) is 4.21 Å². The molecule has 7 heteroatoms. The van der Waals surface area contributed by atoms with Gasteiger partial charge in [0.2, 0.25) is 0 Å². The van der Waals surface area contributed by atoms with Gasteiger partial charge in [0.05, 0.1) is 22.8 Å². The fourth-order valence-electron chi connectivity index (χ4n) is 4.04. The first-order valence-corrected chi connectivity index (χ1v) is 11.7. The molecule has 0 aliphatic heterocycles. The Morgan fingerprint density at radius 3 is 2.62 bits per heavy atom. The summed E-state index contributed by atoms with van der Waals surface area (Å²) in [5, 5.41) is 11.2. The van der Waals surface area contributed by atoms with Gasteiger partial charge in [0, 0.05) is 22.8 Å². The minimum Gasteiger partial charge on any atom is -0.497 e. The molecule has 0 fully saturated rings. The molecule has 2 aromatic carbocycles. The van der Waals surface area contributed by atoms with E-state index in [1.807, 2.05) is 74.5 Å². The van der Waals surface area contributed by atoms with E-state index in [4.69, 9.17) is 14.4 Å². The van der Waals surface area contributed by atoms with Gasteiger partial charge >= 0.3 is 0 Å². The van der Waals surface area contributed by atoms with Crippen LogP contribution in [0.25, 0.3) is 22.2 Å². The Morgan fingerprint density at radius 1 is 1.12 bits per heavy atom. The summed E-state index contributed by atoms with van der Waals surface area (Å²) in [6, 6.07) is 19.6. The number of nitrogens with two attached hydrogens (primary N) is 1. The highest BCUT2D eigenvalue weighted by molar-refractivity contribution is 7.84. The topological polar surface area (TPSA) is 91.2 Å². The Morgan fingerprint density at radius 2 is 1.91 bits per heavy atom. The fourth-order valence-corrected chi connectivity index (χ4v) is 4.41. The van der Waals surface area contributed by atoms with Crippen molar-refractivity contribution in [3.05, 3.63) is 78.1 Å². The van der Waals surface area contributed by atoms with Crippen molar-refractivity contribution in [2.24, 2.45) is 5.14 Å². The van der Waals surface area contributed by atoms with Crippen LogP contribution in [0.2, 0.25) is 0 Å². The minimum absolute atomic E-state index is 0.0204. The molecule has 0 saturated carbocycles. The Labute approximate surface area is 190 Å². The average molecular weight is 450 g/mol. The van der Waals surface area contributed by atoms with E-state index in [1.165, 1.54) is 0 Å². The van der Waals surface area contributed by atoms with Crippen LogP contribution in [0.4, 0.5) is 0 Å². The average Bonchev–Trinajstić information content (AvgIpc) is 3.22. The smallest absolute Gasteiger partial charge is 0.167 e. The highest BCUT2D eigenvalue weighted by Gasteiger charge is 2.31. The number of hydrogen-bond donors (Lipinski definition) is 1. The molecule has 4 rings (SSSR count). The highest BCUT2D eigenvalue weighted by Crippen LogP contribution is 2.40. The molecule has 0 radical (unpaired) electrons. The van der Waals surface area contributed by atoms with Crippen molar-refractivity contribution in [1.29, 1.82) is 0 Å². The Balaban J connectivity index is 1.88. The van der Waals surface area contributed by atoms with E-state index in [2.05, 4.69) is 10.1 Å². The molecule has 0 aliphatic rings. The predicted octanol–water partition coefficient (Wildman–Crippen LogP) is 5.02. The molecular weight excluding hydrogens is 422 g/mol. The van der Waals surface area contributed by atoms with E-state index in [1.54, 1.807) is 13.3 Å². The van der Waals surface area contributed by atoms with Crippen molar-refractivity contribution in [3.8, 4) is 17.0 Å². The summed E-state index contributed by atoms with van der Waals surface area (Å²) >= 11 is 0. The molecule has 0 aliphatic carbocycles. The van der Waals surface area contributed by atoms with Crippen LogP contribution in [0.5, 0.6) is 5.75 Å². The first kappa shape index (κ1) is 22.2. The van der Waals surface area contributed by atoms with E-state index >= 15 is 0 Å². The summed E-state index contributed by atoms with van der Waals surface area (Å²) in [6.45, 7) is 3.86. The van der Waals surface area contributed by atoms with Gasteiger partial charge in [-0.05, 0) is 80.6 Å². The molecule has 0 amide bonds. The zero-order valence-corrected chi connectivity index (χ0v) is 19.3. The SMILES string of the molecule is COc1ccc(-c2noc3ccccc23)c([C@@H](Cc2ccccn2)CC(C)(C)S(N)=O)c1. The second-order valence-corrected chi connectivity index (χ2v) is 10.2. The van der Waals surface area contributed by atoms with Crippen LogP contribution >= 0.6 is 0 Å². The van der Waals surface area contributed by atoms with Gasteiger partial charge < -0.3 is 9.26 Å². The monoisotopic (exact) mass is 449 g/mol. The number of ether oxygens (including phenoxy) is 1. The summed E-state index contributed by atoms with van der Waals surface area (Å²) < 4.78 is 22.9. The maximum Gasteiger partial charge on any atom is 0.167 e. The zero-order chi connectivity index (χ0) is 22.7. The van der Waals surface area contributed by atoms with Gasteiger partial charge in [-0.15, -0.1) is 0 Å². The van der Waals surface area contributed by atoms with Gasteiger partial charge in [-0.3, -0.25) is 10.1 Å². The first-order valence-electron chi connectivity index (χ1n) is 10.5. The van der Waals surface area contributed by atoms with Crippen LogP contribution < -0.4 is 9.88 Å². The van der Waals surface area contributed by atoms with Crippen molar-refractivity contribution in [2.75, 3.05) is 7.11 Å². The van der Waals surface area contributed by atoms with Crippen LogP contribution in [0.1, 0.15) is 37.4 Å². The second kappa shape index (κ2) is 9.22. The molecule has 2 atom stereocenters. The molecule has 2 N–H and O–H groups in total. The fraction of sp³-hybridized carbons (Fsp3) is 0.280. The molecule has 2 aromatic heterocycles. The molecule has 166 valence electrons. The van der Waals surface area contributed by atoms with E-state index < -0.39 is 15.7 Å². The second-order valence-electron chi connectivity index (χ2n) is 8.46. The maximum atomic E-state index is 12.3. The third-order valence-electron chi connectivity index (χ3n) is 5.80. The molecule has 0 bridgehead atoms. The maximum absolute atomic E-state index is 12.3. The van der Waals surface area contributed by atoms with Gasteiger partial charge in [0.1, 0.15) is 11.4 Å². The van der Waals surface area contributed by atoms with E-state index in [0.717, 1.165) is 39.2 Å². The van der Waals surface area contributed by atoms with Gasteiger partial charge in [0.15, 0.2) is 5.58 Å². The summed E-state index contributed by atoms with van der Waals surface area (Å²) in [5.41, 5.74) is 4.45. The summed E-state index contributed by atoms with van der Waals surface area (Å²) in [7, 11) is 0.163. The number of aromatic nitrogens is 2. The lowest BCUT2D eigenvalue weighted by Crippen LogP contribution is -2.34. The molecular formula is C25H27N3O3S. The third-order valence-corrected chi connectivity index (χ3v) is 7.05. The summed E-state index contributed by atoms with van der Waals surface area (Å²) in [4.78, 5) is 4.53. The number of methoxy groups -OCH3 is 1. The van der Waals surface area contributed by atoms with Crippen molar-refractivity contribution in [3.63, 3.8) is 0 Å². The molecule has 0 spiro atoms. The van der Waals surface area contributed by atoms with Crippen LogP contribution in [0.15, 0.2) is 71.4 Å². The standard InChI is InChI=1S/C25H27N3O3S/c1-25(2,32(26)29)16-17(14-18-8-6-7-13-27-18)22-15-19(30-3)11-12-20(22)24-21-9-4-5-10-23(21)31-28-24/h4-13,15,17H,14,16,26H2,1-3H3/t17-,32?/m0/s1. The number of hydrogen-bond acceptors (Lipinski definition) is 5. The van der Waals surface area contributed by atoms with E-state index in [0.29, 0.717) is 12.8 Å². The van der Waals surface area contributed by atoms with Gasteiger partial charge in [-0.2, -0.15) is 0 Å². The number of benzene rings is 2. The van der Waals surface area contributed by atoms with Crippen LogP contribution in [-0.2, 0) is 17.4 Å². The molecule has 6 nitrogen and oxygen atoms in total. The predicted molar refractivity (Wildman–Crippen MR) is 128 cm³/mol. The number of pyridine rings is 1. The van der Waals surface area contributed by atoms with E-state index in [-0.39, 0.29) is 5.92 Å². The Hall–Kier alpha value is -3.03. The quantitative estimate of drug-likeness (QED) is 0.408. The number of nitrogens with zero attached hydrogens (tertiary/aromatic N) is 2. The highest BCUT2D eigenvalue weighted by atomic mass is 32.2. The van der Waals surface area contributed by atoms with Crippen LogP contribution in [-0.4, -0.2) is 26.2 Å². The van der Waals surface area contributed by atoms with Crippen molar-refractivity contribution >= 4 is 22.0 Å². The lowest BCUT2D eigenvalue weighted by Gasteiger charge is -2.29. The lowest BCUT2D eigenvalue weighted by atomic mass is 9.82.